The van der Waals surface area contributed by atoms with Crippen molar-refractivity contribution < 1.29 is 8.54 Å². The quantitative estimate of drug-likeness (QED) is 0.594. The van der Waals surface area contributed by atoms with Crippen molar-refractivity contribution >= 4 is 21.5 Å². The van der Waals surface area contributed by atoms with E-state index in [0.717, 1.165) is 22.7 Å². The Morgan fingerprint density at radius 1 is 0.778 bits per heavy atom. The largest absolute Gasteiger partial charge is 0.618 e. The Balaban J connectivity index is 1.95. The molecule has 1 aliphatic heterocycles. The fourth-order valence-corrected chi connectivity index (χ4v) is 2.49. The highest BCUT2D eigenvalue weighted by Crippen LogP contribution is 2.19. The Bertz CT molecular complexity index is 588. The van der Waals surface area contributed by atoms with E-state index in [9.17, 15) is 0 Å². The van der Waals surface area contributed by atoms with Crippen LogP contribution in [0.5, 0.6) is 0 Å². The first-order valence-electron chi connectivity index (χ1n) is 5.78. The topological polar surface area (TPSA) is 20.5 Å². The molecule has 3 heteroatoms. The van der Waals surface area contributed by atoms with E-state index in [-0.39, 0.29) is 0 Å². The van der Waals surface area contributed by atoms with Crippen LogP contribution in [0.15, 0.2) is 66.7 Å². The van der Waals surface area contributed by atoms with Crippen LogP contribution in [0.2, 0.25) is 0 Å². The summed E-state index contributed by atoms with van der Waals surface area (Å²) in [5, 5.41) is 0. The average molecular weight is 252 g/mol. The van der Waals surface area contributed by atoms with E-state index < -0.39 is 10.0 Å². The predicted molar refractivity (Wildman–Crippen MR) is 73.4 cm³/mol. The molecule has 0 atom stereocenters. The lowest BCUT2D eigenvalue weighted by molar-refractivity contribution is -0.101. The van der Waals surface area contributed by atoms with Crippen molar-refractivity contribution in [2.75, 3.05) is 0 Å². The molecular weight excluding hydrogens is 240 g/mol. The number of hydrogen-bond acceptors (Lipinski definition) is 1. The Morgan fingerprint density at radius 2 is 1.39 bits per heavy atom. The van der Waals surface area contributed by atoms with Crippen LogP contribution < -0.4 is 0 Å². The normalized spacial score (nSPS) is 14.0. The van der Waals surface area contributed by atoms with Crippen molar-refractivity contribution in [2.24, 2.45) is 0 Å². The molecule has 0 saturated heterocycles. The summed E-state index contributed by atoms with van der Waals surface area (Å²) in [5.41, 5.74) is 2.17. The molecule has 2 aromatic rings. The lowest BCUT2D eigenvalue weighted by Crippen LogP contribution is -2.10. The van der Waals surface area contributed by atoms with Crippen LogP contribution in [-0.2, 0) is 4.43 Å². The van der Waals surface area contributed by atoms with Crippen molar-refractivity contribution in [1.82, 2.24) is 0 Å². The molecule has 0 bridgehead atoms. The maximum absolute atomic E-state index is 5.62. The van der Waals surface area contributed by atoms with Crippen molar-refractivity contribution in [1.29, 1.82) is 0 Å². The second-order valence-electron chi connectivity index (χ2n) is 3.94. The van der Waals surface area contributed by atoms with Crippen molar-refractivity contribution in [3.05, 3.63) is 77.9 Å². The van der Waals surface area contributed by atoms with Gasteiger partial charge >= 0.3 is 10.0 Å². The Labute approximate surface area is 108 Å². The molecular formula is C15H12O2Si. The van der Waals surface area contributed by atoms with Crippen LogP contribution in [0.3, 0.4) is 0 Å². The van der Waals surface area contributed by atoms with Crippen LogP contribution in [-0.4, -0.2) is 15.8 Å². The van der Waals surface area contributed by atoms with Gasteiger partial charge in [-0.05, 0) is 12.1 Å². The molecule has 18 heavy (non-hydrogen) atoms. The first-order chi connectivity index (χ1) is 8.93. The summed E-state index contributed by atoms with van der Waals surface area (Å²) < 4.78 is 11.2. The van der Waals surface area contributed by atoms with Gasteiger partial charge in [0.25, 0.3) is 5.78 Å². The van der Waals surface area contributed by atoms with Gasteiger partial charge in [0.1, 0.15) is 0 Å². The zero-order valence-corrected chi connectivity index (χ0v) is 10.9. The van der Waals surface area contributed by atoms with Crippen molar-refractivity contribution in [3.8, 4) is 0 Å². The van der Waals surface area contributed by atoms with E-state index in [2.05, 4.69) is 0 Å². The zero-order chi connectivity index (χ0) is 12.2. The molecule has 0 aliphatic carbocycles. The van der Waals surface area contributed by atoms with Crippen LogP contribution in [0.1, 0.15) is 15.2 Å². The van der Waals surface area contributed by atoms with Gasteiger partial charge in [0.15, 0.2) is 0 Å². The smallest absolute Gasteiger partial charge is 0.440 e. The van der Waals surface area contributed by atoms with E-state index >= 15 is 0 Å². The number of allylic oxidation sites excluding steroid dienone is 1. The van der Waals surface area contributed by atoms with Gasteiger partial charge in [0, 0.05) is 5.56 Å². The van der Waals surface area contributed by atoms with E-state index in [1.807, 2.05) is 66.7 Å². The summed E-state index contributed by atoms with van der Waals surface area (Å²) in [4.78, 5) is 0. The minimum Gasteiger partial charge on any atom is -0.618 e. The molecule has 0 fully saturated rings. The molecule has 0 N–H and O–H groups in total. The minimum atomic E-state index is -0.486. The standard InChI is InChI=1S/C15H12O2Si/c1-3-7-12(8-4-1)14-11-15(17-18-16-14)13-9-5-2-6-10-13/h1-11,18H. The third-order valence-electron chi connectivity index (χ3n) is 2.73. The molecule has 2 nitrogen and oxygen atoms in total. The minimum absolute atomic E-state index is 0.486. The molecule has 0 amide bonds. The molecule has 0 aromatic heterocycles. The number of carbonyl (C=O) groups excluding carboxylic acids is 1. The third-order valence-corrected chi connectivity index (χ3v) is 3.43. The predicted octanol–water partition coefficient (Wildman–Crippen LogP) is 2.74. The average Bonchev–Trinajstić information content (AvgIpc) is 2.49. The summed E-state index contributed by atoms with van der Waals surface area (Å²) in [7, 11) is -0.486. The Hall–Kier alpha value is -2.13. The molecule has 1 aliphatic rings. The fourth-order valence-electron chi connectivity index (χ4n) is 1.82. The molecule has 0 spiro atoms. The van der Waals surface area contributed by atoms with Crippen molar-refractivity contribution in [2.45, 2.75) is 0 Å². The highest BCUT2D eigenvalue weighted by atomic mass is 28.2. The molecule has 3 rings (SSSR count). The summed E-state index contributed by atoms with van der Waals surface area (Å²) >= 11 is 0. The fraction of sp³-hybridized carbons (Fsp3) is 0. The molecule has 88 valence electrons. The first kappa shape index (κ1) is 11.0. The summed E-state index contributed by atoms with van der Waals surface area (Å²) in [6, 6.07) is 20.2. The van der Waals surface area contributed by atoms with Gasteiger partial charge in [-0.25, -0.2) is 0 Å². The second kappa shape index (κ2) is 5.02. The third kappa shape index (κ3) is 2.26. The van der Waals surface area contributed by atoms with E-state index in [1.165, 1.54) is 0 Å². The SMILES string of the molecule is C1=C(c2ccccc2)O[SiH-][O+]=C1c1ccccc1. The summed E-state index contributed by atoms with van der Waals surface area (Å²) in [6.07, 6.45) is 1.96. The van der Waals surface area contributed by atoms with Gasteiger partial charge in [-0.15, -0.1) is 0 Å². The van der Waals surface area contributed by atoms with Crippen LogP contribution in [0.4, 0.5) is 0 Å². The van der Waals surface area contributed by atoms with Gasteiger partial charge in [-0.2, -0.15) is 0 Å². The molecule has 2 aromatic carbocycles. The highest BCUT2D eigenvalue weighted by Gasteiger charge is 2.15. The van der Waals surface area contributed by atoms with Crippen LogP contribution in [0, 0.1) is 0 Å². The first-order valence-corrected chi connectivity index (χ1v) is 6.72. The summed E-state index contributed by atoms with van der Waals surface area (Å²) in [5.74, 6) is 1.77. The van der Waals surface area contributed by atoms with E-state index in [4.69, 9.17) is 8.54 Å². The Morgan fingerprint density at radius 3 is 2.06 bits per heavy atom. The maximum atomic E-state index is 5.62. The number of ketones is 1. The highest BCUT2D eigenvalue weighted by molar-refractivity contribution is 6.25. The molecule has 0 radical (unpaired) electrons. The van der Waals surface area contributed by atoms with Crippen molar-refractivity contribution in [3.63, 3.8) is 0 Å². The number of rotatable bonds is 2. The molecule has 0 unspecified atom stereocenters. The monoisotopic (exact) mass is 252 g/mol. The summed E-state index contributed by atoms with van der Waals surface area (Å²) in [6.45, 7) is 0. The van der Waals surface area contributed by atoms with Gasteiger partial charge in [-0.1, -0.05) is 48.5 Å². The second-order valence-corrected chi connectivity index (χ2v) is 4.60. The van der Waals surface area contributed by atoms with E-state index in [1.54, 1.807) is 0 Å². The molecule has 1 heterocycles. The number of benzene rings is 2. The lowest BCUT2D eigenvalue weighted by Gasteiger charge is -2.15. The van der Waals surface area contributed by atoms with Gasteiger partial charge < -0.3 is 8.54 Å². The molecule has 0 saturated carbocycles. The van der Waals surface area contributed by atoms with Crippen LogP contribution in [0.25, 0.3) is 5.76 Å². The number of hydrogen-bond donors (Lipinski definition) is 0. The maximum Gasteiger partial charge on any atom is 0.440 e. The van der Waals surface area contributed by atoms with E-state index in [0.29, 0.717) is 0 Å². The van der Waals surface area contributed by atoms with Gasteiger partial charge in [-0.3, -0.25) is 0 Å². The Kier molecular flexibility index (Phi) is 3.06. The van der Waals surface area contributed by atoms with Gasteiger partial charge in [0.05, 0.1) is 17.4 Å². The van der Waals surface area contributed by atoms with Crippen LogP contribution >= 0.6 is 0 Å². The van der Waals surface area contributed by atoms with Gasteiger partial charge in [0.2, 0.25) is 0 Å². The lowest BCUT2D eigenvalue weighted by atomic mass is 10.1. The zero-order valence-electron chi connectivity index (χ0n) is 9.74.